The molecular formula is C41H68NO8P. The third-order valence-electron chi connectivity index (χ3n) is 7.36. The van der Waals surface area contributed by atoms with E-state index in [1.54, 1.807) is 0 Å². The van der Waals surface area contributed by atoms with E-state index in [1.165, 1.54) is 19.3 Å². The second kappa shape index (κ2) is 37.0. The van der Waals surface area contributed by atoms with Crippen molar-refractivity contribution in [2.75, 3.05) is 26.4 Å². The molecule has 2 atom stereocenters. The van der Waals surface area contributed by atoms with Crippen molar-refractivity contribution in [3.8, 4) is 0 Å². The molecule has 0 spiro atoms. The first-order valence-electron chi connectivity index (χ1n) is 19.1. The Kier molecular flexibility index (Phi) is 34.9. The number of hydrogen-bond donors (Lipinski definition) is 2. The van der Waals surface area contributed by atoms with Crippen molar-refractivity contribution in [2.45, 2.75) is 136 Å². The summed E-state index contributed by atoms with van der Waals surface area (Å²) in [5.74, 6) is -0.912. The summed E-state index contributed by atoms with van der Waals surface area (Å²) >= 11 is 0. The summed E-state index contributed by atoms with van der Waals surface area (Å²) < 4.78 is 32.6. The highest BCUT2D eigenvalue weighted by molar-refractivity contribution is 7.47. The molecule has 0 aromatic heterocycles. The standard InChI is InChI=1S/C41H68NO8P/c1-3-5-7-9-11-13-15-17-19-21-23-25-27-29-31-33-40(43)47-37-39(38-49-51(45,46)48-36-35-42)50-41(44)34-32-30-28-26-24-22-20-18-16-14-12-10-8-6-4-2/h5,7,9,11-15,17-20,24,26,39H,3-4,6,8,10,16,21-23,25,27-38,42H2,1-2H3,(H,45,46)/b7-5+,11-9+,14-12+,15-13+,19-17+,20-18+,26-24+/t39-/m1/s1. The Hall–Kier alpha value is -2.81. The number of carbonyl (C=O) groups excluding carboxylic acids is 2. The Labute approximate surface area is 309 Å². The van der Waals surface area contributed by atoms with Crippen molar-refractivity contribution in [3.63, 3.8) is 0 Å². The van der Waals surface area contributed by atoms with Crippen molar-refractivity contribution in [2.24, 2.45) is 5.73 Å². The molecule has 0 bridgehead atoms. The maximum Gasteiger partial charge on any atom is 0.472 e. The number of esters is 2. The topological polar surface area (TPSA) is 134 Å². The Bertz CT molecular complexity index is 1110. The van der Waals surface area contributed by atoms with Gasteiger partial charge in [0.05, 0.1) is 13.2 Å². The van der Waals surface area contributed by atoms with Crippen LogP contribution in [0.2, 0.25) is 0 Å². The number of rotatable bonds is 34. The summed E-state index contributed by atoms with van der Waals surface area (Å²) in [6, 6.07) is 0. The molecule has 290 valence electrons. The van der Waals surface area contributed by atoms with Crippen LogP contribution in [0.4, 0.5) is 0 Å². The zero-order valence-corrected chi connectivity index (χ0v) is 32.4. The molecule has 0 saturated carbocycles. The van der Waals surface area contributed by atoms with Gasteiger partial charge in [-0.2, -0.15) is 0 Å². The second-order valence-corrected chi connectivity index (χ2v) is 13.6. The molecule has 0 radical (unpaired) electrons. The fraction of sp³-hybridized carbons (Fsp3) is 0.610. The van der Waals surface area contributed by atoms with Crippen LogP contribution >= 0.6 is 7.82 Å². The van der Waals surface area contributed by atoms with Gasteiger partial charge in [0.25, 0.3) is 0 Å². The van der Waals surface area contributed by atoms with Gasteiger partial charge in [-0.15, -0.1) is 0 Å². The average molecular weight is 734 g/mol. The number of phosphoric ester groups is 1. The Morgan fingerprint density at radius 3 is 1.82 bits per heavy atom. The van der Waals surface area contributed by atoms with Crippen LogP contribution in [0, 0.1) is 0 Å². The van der Waals surface area contributed by atoms with Crippen LogP contribution in [0.25, 0.3) is 0 Å². The molecule has 10 heteroatoms. The minimum Gasteiger partial charge on any atom is -0.462 e. The molecule has 0 saturated heterocycles. The first kappa shape index (κ1) is 48.2. The first-order chi connectivity index (χ1) is 24.8. The molecule has 0 aromatic carbocycles. The minimum atomic E-state index is -4.39. The van der Waals surface area contributed by atoms with Crippen molar-refractivity contribution < 1.29 is 37.6 Å². The maximum atomic E-state index is 12.5. The Morgan fingerprint density at radius 2 is 1.16 bits per heavy atom. The van der Waals surface area contributed by atoms with Crippen molar-refractivity contribution in [1.29, 1.82) is 0 Å². The monoisotopic (exact) mass is 733 g/mol. The van der Waals surface area contributed by atoms with Crippen LogP contribution in [0.3, 0.4) is 0 Å². The number of carbonyl (C=O) groups is 2. The smallest absolute Gasteiger partial charge is 0.462 e. The van der Waals surface area contributed by atoms with Gasteiger partial charge in [0, 0.05) is 19.4 Å². The van der Waals surface area contributed by atoms with E-state index < -0.39 is 32.5 Å². The first-order valence-corrected chi connectivity index (χ1v) is 20.6. The van der Waals surface area contributed by atoms with E-state index in [2.05, 4.69) is 68.5 Å². The molecule has 51 heavy (non-hydrogen) atoms. The predicted octanol–water partition coefficient (Wildman–Crippen LogP) is 10.5. The third-order valence-corrected chi connectivity index (χ3v) is 8.34. The van der Waals surface area contributed by atoms with Gasteiger partial charge in [-0.25, -0.2) is 4.57 Å². The van der Waals surface area contributed by atoms with Crippen molar-refractivity contribution in [1.82, 2.24) is 0 Å². The van der Waals surface area contributed by atoms with Gasteiger partial charge >= 0.3 is 19.8 Å². The van der Waals surface area contributed by atoms with E-state index >= 15 is 0 Å². The number of nitrogens with two attached hydrogens (primary N) is 1. The second-order valence-electron chi connectivity index (χ2n) is 12.1. The summed E-state index contributed by atoms with van der Waals surface area (Å²) in [5, 5.41) is 0. The lowest BCUT2D eigenvalue weighted by atomic mass is 10.1. The highest BCUT2D eigenvalue weighted by Crippen LogP contribution is 2.43. The molecule has 9 nitrogen and oxygen atoms in total. The van der Waals surface area contributed by atoms with Gasteiger partial charge in [0.15, 0.2) is 6.10 Å². The third kappa shape index (κ3) is 36.8. The number of allylic oxidation sites excluding steroid dienone is 14. The predicted molar refractivity (Wildman–Crippen MR) is 210 cm³/mol. The quantitative estimate of drug-likeness (QED) is 0.0218. The molecule has 0 fully saturated rings. The van der Waals surface area contributed by atoms with E-state index in [9.17, 15) is 19.0 Å². The molecule has 0 aromatic rings. The molecule has 0 aliphatic heterocycles. The van der Waals surface area contributed by atoms with Gasteiger partial charge in [-0.1, -0.05) is 131 Å². The molecule has 0 aliphatic carbocycles. The largest absolute Gasteiger partial charge is 0.472 e. The van der Waals surface area contributed by atoms with Crippen LogP contribution in [-0.2, 0) is 32.7 Å². The van der Waals surface area contributed by atoms with Crippen LogP contribution < -0.4 is 5.73 Å². The summed E-state index contributed by atoms with van der Waals surface area (Å²) in [6.45, 7) is 3.45. The van der Waals surface area contributed by atoms with Gasteiger partial charge in [0.1, 0.15) is 6.61 Å². The lowest BCUT2D eigenvalue weighted by Crippen LogP contribution is -2.29. The van der Waals surface area contributed by atoms with E-state index in [-0.39, 0.29) is 32.6 Å². The van der Waals surface area contributed by atoms with Gasteiger partial charge in [0.2, 0.25) is 0 Å². The summed E-state index contributed by atoms with van der Waals surface area (Å²) in [4.78, 5) is 34.7. The van der Waals surface area contributed by atoms with Gasteiger partial charge in [-0.3, -0.25) is 18.6 Å². The highest BCUT2D eigenvalue weighted by Gasteiger charge is 2.25. The molecule has 0 aliphatic rings. The number of hydrogen-bond acceptors (Lipinski definition) is 8. The number of ether oxygens (including phenoxy) is 2. The minimum absolute atomic E-state index is 0.0386. The van der Waals surface area contributed by atoms with E-state index in [4.69, 9.17) is 24.3 Å². The number of unbranched alkanes of at least 4 members (excludes halogenated alkanes) is 10. The summed E-state index contributed by atoms with van der Waals surface area (Å²) in [5.41, 5.74) is 5.33. The molecule has 0 rings (SSSR count). The molecule has 1 unspecified atom stereocenters. The molecule has 0 amide bonds. The maximum absolute atomic E-state index is 12.5. The summed E-state index contributed by atoms with van der Waals surface area (Å²) in [7, 11) is -4.39. The van der Waals surface area contributed by atoms with Crippen LogP contribution in [0.15, 0.2) is 85.1 Å². The highest BCUT2D eigenvalue weighted by atomic mass is 31.2. The van der Waals surface area contributed by atoms with E-state index in [1.807, 2.05) is 30.4 Å². The van der Waals surface area contributed by atoms with E-state index in [0.29, 0.717) is 12.8 Å². The number of phosphoric acid groups is 1. The SMILES string of the molecule is CC/C=C/C=C/C=C/C=C/CCCCCCCC(=O)OC[C@H](COP(=O)(O)OCCN)OC(=O)CCCC/C=C/C/C=C/C/C=C/CCCCC. The molecule has 3 N–H and O–H groups in total. The van der Waals surface area contributed by atoms with E-state index in [0.717, 1.165) is 70.6 Å². The lowest BCUT2D eigenvalue weighted by molar-refractivity contribution is -0.161. The Morgan fingerprint density at radius 1 is 0.627 bits per heavy atom. The molecule has 0 heterocycles. The van der Waals surface area contributed by atoms with Crippen molar-refractivity contribution in [3.05, 3.63) is 85.1 Å². The Balaban J connectivity index is 4.36. The normalized spacial score (nSPS) is 14.4. The van der Waals surface area contributed by atoms with Crippen LogP contribution in [0.1, 0.15) is 129 Å². The van der Waals surface area contributed by atoms with Crippen LogP contribution in [0.5, 0.6) is 0 Å². The fourth-order valence-electron chi connectivity index (χ4n) is 4.53. The zero-order chi connectivity index (χ0) is 37.5. The summed E-state index contributed by atoms with van der Waals surface area (Å²) in [6.07, 6.45) is 44.7. The zero-order valence-electron chi connectivity index (χ0n) is 31.5. The van der Waals surface area contributed by atoms with Gasteiger partial charge in [-0.05, 0) is 70.6 Å². The van der Waals surface area contributed by atoms with Gasteiger partial charge < -0.3 is 20.1 Å². The van der Waals surface area contributed by atoms with Crippen LogP contribution in [-0.4, -0.2) is 49.3 Å². The average Bonchev–Trinajstić information content (AvgIpc) is 3.11. The fourth-order valence-corrected chi connectivity index (χ4v) is 5.30. The lowest BCUT2D eigenvalue weighted by Gasteiger charge is -2.19. The molecular weight excluding hydrogens is 665 g/mol. The van der Waals surface area contributed by atoms with Crippen molar-refractivity contribution >= 4 is 19.8 Å².